The number of para-hydroxylation sites is 1. The summed E-state index contributed by atoms with van der Waals surface area (Å²) in [5, 5.41) is 9.12. The minimum absolute atomic E-state index is 0.466. The summed E-state index contributed by atoms with van der Waals surface area (Å²) in [6, 6.07) is 12.6. The highest BCUT2D eigenvalue weighted by molar-refractivity contribution is 5.50. The molecule has 2 aromatic rings. The summed E-state index contributed by atoms with van der Waals surface area (Å²) < 4.78 is 2.17. The lowest BCUT2D eigenvalue weighted by Crippen LogP contribution is -2.04. The predicted molar refractivity (Wildman–Crippen MR) is 74.0 cm³/mol. The van der Waals surface area contributed by atoms with Crippen LogP contribution in [0.15, 0.2) is 30.3 Å². The summed E-state index contributed by atoms with van der Waals surface area (Å²) in [6.45, 7) is 8.43. The molecule has 18 heavy (non-hydrogen) atoms. The van der Waals surface area contributed by atoms with Gasteiger partial charge in [0.05, 0.1) is 5.56 Å². The maximum absolute atomic E-state index is 9.12. The van der Waals surface area contributed by atoms with E-state index in [9.17, 15) is 0 Å². The van der Waals surface area contributed by atoms with Gasteiger partial charge in [-0.1, -0.05) is 32.0 Å². The summed E-state index contributed by atoms with van der Waals surface area (Å²) in [5.74, 6) is 0.466. The van der Waals surface area contributed by atoms with Gasteiger partial charge in [0.1, 0.15) is 6.07 Å². The SMILES string of the molecule is Cc1cc(C#N)c(C)n1-c1ccccc1C(C)C. The average molecular weight is 238 g/mol. The Balaban J connectivity index is 2.71. The molecule has 0 aliphatic heterocycles. The molecule has 0 unspecified atom stereocenters. The average Bonchev–Trinajstić information content (AvgIpc) is 2.64. The van der Waals surface area contributed by atoms with Gasteiger partial charge in [0.2, 0.25) is 0 Å². The van der Waals surface area contributed by atoms with Gasteiger partial charge < -0.3 is 4.57 Å². The molecule has 2 heteroatoms. The van der Waals surface area contributed by atoms with Crippen molar-refractivity contribution in [1.82, 2.24) is 4.57 Å². The van der Waals surface area contributed by atoms with Crippen molar-refractivity contribution in [3.8, 4) is 11.8 Å². The quantitative estimate of drug-likeness (QED) is 0.774. The molecule has 0 atom stereocenters. The van der Waals surface area contributed by atoms with E-state index in [4.69, 9.17) is 5.26 Å². The van der Waals surface area contributed by atoms with Crippen molar-refractivity contribution in [2.24, 2.45) is 0 Å². The molecule has 0 N–H and O–H groups in total. The fourth-order valence-corrected chi connectivity index (χ4v) is 2.43. The zero-order valence-electron chi connectivity index (χ0n) is 11.4. The van der Waals surface area contributed by atoms with Gasteiger partial charge in [-0.05, 0) is 37.5 Å². The highest BCUT2D eigenvalue weighted by Gasteiger charge is 2.14. The first-order chi connectivity index (χ1) is 8.56. The molecule has 1 aromatic heterocycles. The van der Waals surface area contributed by atoms with Gasteiger partial charge in [-0.15, -0.1) is 0 Å². The number of hydrogen-bond acceptors (Lipinski definition) is 1. The van der Waals surface area contributed by atoms with E-state index < -0.39 is 0 Å². The summed E-state index contributed by atoms with van der Waals surface area (Å²) in [5.41, 5.74) is 5.37. The number of benzene rings is 1. The highest BCUT2D eigenvalue weighted by atomic mass is 15.0. The molecule has 2 rings (SSSR count). The van der Waals surface area contributed by atoms with Gasteiger partial charge in [-0.2, -0.15) is 5.26 Å². The van der Waals surface area contributed by atoms with Gasteiger partial charge >= 0.3 is 0 Å². The Kier molecular flexibility index (Phi) is 3.25. The van der Waals surface area contributed by atoms with Crippen molar-refractivity contribution in [3.05, 3.63) is 52.8 Å². The van der Waals surface area contributed by atoms with Crippen LogP contribution in [0.25, 0.3) is 5.69 Å². The van der Waals surface area contributed by atoms with Crippen LogP contribution >= 0.6 is 0 Å². The van der Waals surface area contributed by atoms with E-state index in [0.717, 1.165) is 17.0 Å². The van der Waals surface area contributed by atoms with Crippen LogP contribution in [0.3, 0.4) is 0 Å². The molecule has 0 saturated carbocycles. The fourth-order valence-electron chi connectivity index (χ4n) is 2.43. The second kappa shape index (κ2) is 4.70. The Hall–Kier alpha value is -2.01. The van der Waals surface area contributed by atoms with Gasteiger partial charge in [0, 0.05) is 17.1 Å². The predicted octanol–water partition coefficient (Wildman–Crippen LogP) is 4.09. The lowest BCUT2D eigenvalue weighted by atomic mass is 10.0. The third kappa shape index (κ3) is 1.93. The van der Waals surface area contributed by atoms with E-state index >= 15 is 0 Å². The van der Waals surface area contributed by atoms with Crippen molar-refractivity contribution >= 4 is 0 Å². The van der Waals surface area contributed by atoms with Crippen LogP contribution in [-0.4, -0.2) is 4.57 Å². The molecule has 1 heterocycles. The topological polar surface area (TPSA) is 28.7 Å². The lowest BCUT2D eigenvalue weighted by molar-refractivity contribution is 0.835. The number of nitriles is 1. The first-order valence-electron chi connectivity index (χ1n) is 6.24. The summed E-state index contributed by atoms with van der Waals surface area (Å²) in [4.78, 5) is 0. The van der Waals surface area contributed by atoms with Crippen LogP contribution in [0.5, 0.6) is 0 Å². The monoisotopic (exact) mass is 238 g/mol. The second-order valence-corrected chi connectivity index (χ2v) is 4.95. The van der Waals surface area contributed by atoms with E-state index in [1.807, 2.05) is 26.0 Å². The summed E-state index contributed by atoms with van der Waals surface area (Å²) >= 11 is 0. The molecule has 92 valence electrons. The largest absolute Gasteiger partial charge is 0.317 e. The molecule has 0 aliphatic rings. The summed E-state index contributed by atoms with van der Waals surface area (Å²) in [6.07, 6.45) is 0. The van der Waals surface area contributed by atoms with Crippen molar-refractivity contribution < 1.29 is 0 Å². The van der Waals surface area contributed by atoms with E-state index in [2.05, 4.69) is 42.7 Å². The zero-order chi connectivity index (χ0) is 13.3. The Morgan fingerprint density at radius 2 is 1.83 bits per heavy atom. The van der Waals surface area contributed by atoms with Crippen molar-refractivity contribution in [2.75, 3.05) is 0 Å². The maximum Gasteiger partial charge on any atom is 0.101 e. The van der Waals surface area contributed by atoms with Crippen LogP contribution in [-0.2, 0) is 0 Å². The normalized spacial score (nSPS) is 10.7. The Bertz CT molecular complexity index is 613. The van der Waals surface area contributed by atoms with Crippen LogP contribution in [0.4, 0.5) is 0 Å². The number of rotatable bonds is 2. The molecule has 2 nitrogen and oxygen atoms in total. The molecule has 0 bridgehead atoms. The standard InChI is InChI=1S/C16H18N2/c1-11(2)15-7-5-6-8-16(15)18-12(3)9-14(10-17)13(18)4/h5-9,11H,1-4H3. The van der Waals surface area contributed by atoms with E-state index in [1.54, 1.807) is 0 Å². The van der Waals surface area contributed by atoms with Crippen LogP contribution in [0.2, 0.25) is 0 Å². The molecule has 0 spiro atoms. The van der Waals surface area contributed by atoms with Gasteiger partial charge in [-0.25, -0.2) is 0 Å². The molecule has 0 aliphatic carbocycles. The van der Waals surface area contributed by atoms with Gasteiger partial charge in [0.25, 0.3) is 0 Å². The fraction of sp³-hybridized carbons (Fsp3) is 0.312. The minimum Gasteiger partial charge on any atom is -0.317 e. The van der Waals surface area contributed by atoms with E-state index in [0.29, 0.717) is 5.92 Å². The second-order valence-electron chi connectivity index (χ2n) is 4.95. The Labute approximate surface area is 108 Å². The number of aromatic nitrogens is 1. The van der Waals surface area contributed by atoms with Crippen molar-refractivity contribution in [1.29, 1.82) is 5.26 Å². The summed E-state index contributed by atoms with van der Waals surface area (Å²) in [7, 11) is 0. The maximum atomic E-state index is 9.12. The third-order valence-electron chi connectivity index (χ3n) is 3.35. The first kappa shape index (κ1) is 12.4. The van der Waals surface area contributed by atoms with Crippen molar-refractivity contribution in [3.63, 3.8) is 0 Å². The molecule has 1 aromatic carbocycles. The molecule has 0 saturated heterocycles. The highest BCUT2D eigenvalue weighted by Crippen LogP contribution is 2.27. The Morgan fingerprint density at radius 1 is 1.17 bits per heavy atom. The van der Waals surface area contributed by atoms with Crippen LogP contribution in [0.1, 0.15) is 42.3 Å². The van der Waals surface area contributed by atoms with Crippen molar-refractivity contribution in [2.45, 2.75) is 33.6 Å². The van der Waals surface area contributed by atoms with Gasteiger partial charge in [-0.3, -0.25) is 0 Å². The number of nitrogens with zero attached hydrogens (tertiary/aromatic N) is 2. The molecule has 0 radical (unpaired) electrons. The van der Waals surface area contributed by atoms with E-state index in [-0.39, 0.29) is 0 Å². The lowest BCUT2D eigenvalue weighted by Gasteiger charge is -2.16. The van der Waals surface area contributed by atoms with E-state index in [1.165, 1.54) is 11.3 Å². The van der Waals surface area contributed by atoms with Crippen LogP contribution in [0, 0.1) is 25.2 Å². The molecule has 0 fully saturated rings. The number of hydrogen-bond donors (Lipinski definition) is 0. The molecule has 0 amide bonds. The third-order valence-corrected chi connectivity index (χ3v) is 3.35. The zero-order valence-corrected chi connectivity index (χ0v) is 11.4. The molecular weight excluding hydrogens is 220 g/mol. The molecular formula is C16H18N2. The minimum atomic E-state index is 0.466. The van der Waals surface area contributed by atoms with Gasteiger partial charge in [0.15, 0.2) is 0 Å². The Morgan fingerprint density at radius 3 is 2.39 bits per heavy atom. The smallest absolute Gasteiger partial charge is 0.101 e. The van der Waals surface area contributed by atoms with Crippen LogP contribution < -0.4 is 0 Å². The first-order valence-corrected chi connectivity index (χ1v) is 6.24. The number of aryl methyl sites for hydroxylation is 1.